The van der Waals surface area contributed by atoms with Gasteiger partial charge in [-0.1, -0.05) is 32.3 Å². The van der Waals surface area contributed by atoms with Crippen molar-refractivity contribution in [2.24, 2.45) is 0 Å². The number of aromatic nitrogens is 2. The molecule has 1 aliphatic rings. The third-order valence-electron chi connectivity index (χ3n) is 3.40. The molecule has 0 radical (unpaired) electrons. The Bertz CT molecular complexity index is 358. The molecule has 0 aromatic carbocycles. The molecule has 1 aromatic rings. The van der Waals surface area contributed by atoms with Crippen molar-refractivity contribution in [1.29, 1.82) is 0 Å². The van der Waals surface area contributed by atoms with Crippen molar-refractivity contribution in [3.8, 4) is 0 Å². The van der Waals surface area contributed by atoms with Crippen LogP contribution in [0, 0.1) is 0 Å². The van der Waals surface area contributed by atoms with Crippen LogP contribution in [-0.2, 0) is 0 Å². The van der Waals surface area contributed by atoms with Gasteiger partial charge in [0.25, 0.3) is 0 Å². The molecule has 1 aliphatic heterocycles. The molecule has 1 saturated heterocycles. The summed E-state index contributed by atoms with van der Waals surface area (Å²) in [6.45, 7) is 10.6. The Morgan fingerprint density at radius 3 is 2.61 bits per heavy atom. The summed E-state index contributed by atoms with van der Waals surface area (Å²) in [6.07, 6.45) is 2.23. The Labute approximate surface area is 109 Å². The molecule has 1 atom stereocenters. The van der Waals surface area contributed by atoms with Crippen LogP contribution in [0.2, 0.25) is 0 Å². The van der Waals surface area contributed by atoms with E-state index in [0.717, 1.165) is 50.7 Å². The maximum atomic E-state index is 5.34. The van der Waals surface area contributed by atoms with Gasteiger partial charge in [0.15, 0.2) is 5.82 Å². The van der Waals surface area contributed by atoms with Gasteiger partial charge < -0.3 is 9.84 Å². The lowest BCUT2D eigenvalue weighted by atomic mass is 10.1. The van der Waals surface area contributed by atoms with E-state index in [9.17, 15) is 0 Å². The van der Waals surface area contributed by atoms with Gasteiger partial charge in [0, 0.05) is 32.1 Å². The topological polar surface area (TPSA) is 54.2 Å². The zero-order valence-corrected chi connectivity index (χ0v) is 11.6. The van der Waals surface area contributed by atoms with E-state index in [-0.39, 0.29) is 0 Å². The van der Waals surface area contributed by atoms with Crippen LogP contribution in [0.15, 0.2) is 4.52 Å². The van der Waals surface area contributed by atoms with E-state index in [2.05, 4.69) is 41.1 Å². The molecule has 0 bridgehead atoms. The molecular weight excluding hydrogens is 228 g/mol. The van der Waals surface area contributed by atoms with Gasteiger partial charge in [-0.2, -0.15) is 4.98 Å². The van der Waals surface area contributed by atoms with Crippen LogP contribution in [0.5, 0.6) is 0 Å². The summed E-state index contributed by atoms with van der Waals surface area (Å²) in [7, 11) is 0. The molecule has 1 N–H and O–H groups in total. The number of hydrogen-bond donors (Lipinski definition) is 1. The molecular formula is C13H24N4O. The largest absolute Gasteiger partial charge is 0.339 e. The Morgan fingerprint density at radius 2 is 2.06 bits per heavy atom. The highest BCUT2D eigenvalue weighted by Crippen LogP contribution is 2.25. The van der Waals surface area contributed by atoms with Gasteiger partial charge in [0.1, 0.15) is 0 Å². The predicted octanol–water partition coefficient (Wildman–Crippen LogP) is 1.94. The SMILES string of the molecule is CCCC(c1noc(C(C)C)n1)N1CCNCC1. The standard InChI is InChI=1S/C13H24N4O/c1-4-5-11(17-8-6-14-7-9-17)12-15-13(10(2)3)18-16-12/h10-11,14H,4-9H2,1-3H3. The van der Waals surface area contributed by atoms with Crippen molar-refractivity contribution in [2.75, 3.05) is 26.2 Å². The lowest BCUT2D eigenvalue weighted by Gasteiger charge is -2.33. The van der Waals surface area contributed by atoms with E-state index in [1.165, 1.54) is 0 Å². The fraction of sp³-hybridized carbons (Fsp3) is 0.846. The number of piperazine rings is 1. The maximum Gasteiger partial charge on any atom is 0.229 e. The molecule has 5 nitrogen and oxygen atoms in total. The van der Waals surface area contributed by atoms with Crippen molar-refractivity contribution in [1.82, 2.24) is 20.4 Å². The van der Waals surface area contributed by atoms with Gasteiger partial charge in [0.2, 0.25) is 5.89 Å². The minimum atomic E-state index is 0.302. The lowest BCUT2D eigenvalue weighted by Crippen LogP contribution is -2.45. The van der Waals surface area contributed by atoms with E-state index >= 15 is 0 Å². The van der Waals surface area contributed by atoms with E-state index in [1.54, 1.807) is 0 Å². The second-order valence-corrected chi connectivity index (χ2v) is 5.24. The van der Waals surface area contributed by atoms with Gasteiger partial charge in [-0.05, 0) is 6.42 Å². The number of hydrogen-bond acceptors (Lipinski definition) is 5. The van der Waals surface area contributed by atoms with E-state index < -0.39 is 0 Å². The maximum absolute atomic E-state index is 5.34. The first kappa shape index (κ1) is 13.5. The van der Waals surface area contributed by atoms with Crippen LogP contribution in [-0.4, -0.2) is 41.2 Å². The van der Waals surface area contributed by atoms with Crippen LogP contribution in [0.3, 0.4) is 0 Å². The highest BCUT2D eigenvalue weighted by molar-refractivity contribution is 4.98. The minimum absolute atomic E-state index is 0.302. The molecule has 0 aliphatic carbocycles. The number of nitrogens with zero attached hydrogens (tertiary/aromatic N) is 3. The number of nitrogens with one attached hydrogen (secondary N) is 1. The Morgan fingerprint density at radius 1 is 1.33 bits per heavy atom. The summed E-state index contributed by atoms with van der Waals surface area (Å²) in [5.41, 5.74) is 0. The normalized spacial score (nSPS) is 19.3. The summed E-state index contributed by atoms with van der Waals surface area (Å²) in [5, 5.41) is 7.56. The highest BCUT2D eigenvalue weighted by Gasteiger charge is 2.26. The molecule has 102 valence electrons. The highest BCUT2D eigenvalue weighted by atomic mass is 16.5. The van der Waals surface area contributed by atoms with E-state index in [1.807, 2.05) is 0 Å². The fourth-order valence-electron chi connectivity index (χ4n) is 2.36. The molecule has 0 saturated carbocycles. The molecule has 2 heterocycles. The third-order valence-corrected chi connectivity index (χ3v) is 3.40. The van der Waals surface area contributed by atoms with Crippen LogP contribution in [0.25, 0.3) is 0 Å². The van der Waals surface area contributed by atoms with Gasteiger partial charge in [-0.25, -0.2) is 0 Å². The second-order valence-electron chi connectivity index (χ2n) is 5.24. The number of rotatable bonds is 5. The van der Waals surface area contributed by atoms with Crippen LogP contribution >= 0.6 is 0 Å². The van der Waals surface area contributed by atoms with Crippen LogP contribution in [0.4, 0.5) is 0 Å². The monoisotopic (exact) mass is 252 g/mol. The lowest BCUT2D eigenvalue weighted by molar-refractivity contribution is 0.155. The first-order valence-corrected chi connectivity index (χ1v) is 7.00. The average Bonchev–Trinajstić information content (AvgIpc) is 2.86. The average molecular weight is 252 g/mol. The molecule has 18 heavy (non-hydrogen) atoms. The summed E-state index contributed by atoms with van der Waals surface area (Å²) >= 11 is 0. The minimum Gasteiger partial charge on any atom is -0.339 e. The molecule has 1 fully saturated rings. The first-order valence-electron chi connectivity index (χ1n) is 7.00. The third kappa shape index (κ3) is 3.09. The molecule has 2 rings (SSSR count). The summed E-state index contributed by atoms with van der Waals surface area (Å²) < 4.78 is 5.34. The predicted molar refractivity (Wildman–Crippen MR) is 70.5 cm³/mol. The van der Waals surface area contributed by atoms with Gasteiger partial charge in [-0.3, -0.25) is 4.90 Å². The zero-order chi connectivity index (χ0) is 13.0. The summed E-state index contributed by atoms with van der Waals surface area (Å²) in [5.74, 6) is 1.92. The van der Waals surface area contributed by atoms with Crippen molar-refractivity contribution >= 4 is 0 Å². The van der Waals surface area contributed by atoms with Crippen molar-refractivity contribution < 1.29 is 4.52 Å². The summed E-state index contributed by atoms with van der Waals surface area (Å²) in [6, 6.07) is 0.313. The smallest absolute Gasteiger partial charge is 0.229 e. The molecule has 1 unspecified atom stereocenters. The Hall–Kier alpha value is -0.940. The van der Waals surface area contributed by atoms with Gasteiger partial charge >= 0.3 is 0 Å². The van der Waals surface area contributed by atoms with E-state index in [0.29, 0.717) is 12.0 Å². The summed E-state index contributed by atoms with van der Waals surface area (Å²) in [4.78, 5) is 7.03. The van der Waals surface area contributed by atoms with Crippen molar-refractivity contribution in [3.63, 3.8) is 0 Å². The van der Waals surface area contributed by atoms with Gasteiger partial charge in [-0.15, -0.1) is 0 Å². The first-order chi connectivity index (χ1) is 8.72. The second kappa shape index (κ2) is 6.29. The molecule has 0 amide bonds. The van der Waals surface area contributed by atoms with E-state index in [4.69, 9.17) is 4.52 Å². The van der Waals surface area contributed by atoms with Crippen LogP contribution < -0.4 is 5.32 Å². The van der Waals surface area contributed by atoms with Crippen LogP contribution in [0.1, 0.15) is 57.3 Å². The molecule has 5 heteroatoms. The Balaban J connectivity index is 2.11. The Kier molecular flexibility index (Phi) is 4.72. The quantitative estimate of drug-likeness (QED) is 0.868. The van der Waals surface area contributed by atoms with Gasteiger partial charge in [0.05, 0.1) is 6.04 Å². The fourth-order valence-corrected chi connectivity index (χ4v) is 2.36. The molecule has 0 spiro atoms. The zero-order valence-electron chi connectivity index (χ0n) is 11.6. The van der Waals surface area contributed by atoms with Crippen molar-refractivity contribution in [3.05, 3.63) is 11.7 Å². The van der Waals surface area contributed by atoms with Crippen molar-refractivity contribution in [2.45, 2.75) is 45.6 Å². The molecule has 1 aromatic heterocycles.